The van der Waals surface area contributed by atoms with Gasteiger partial charge in [-0.25, -0.2) is 0 Å². The van der Waals surface area contributed by atoms with Crippen molar-refractivity contribution in [3.8, 4) is 5.75 Å². The Labute approximate surface area is 172 Å². The van der Waals surface area contributed by atoms with Crippen LogP contribution >= 0.6 is 34.5 Å². The minimum absolute atomic E-state index is 0.246. The van der Waals surface area contributed by atoms with E-state index >= 15 is 0 Å². The number of nitrogens with one attached hydrogen (secondary N) is 1. The Balaban J connectivity index is 1.69. The molecule has 1 aromatic heterocycles. The highest BCUT2D eigenvalue weighted by Crippen LogP contribution is 2.31. The van der Waals surface area contributed by atoms with Crippen LogP contribution in [0.15, 0.2) is 41.8 Å². The van der Waals surface area contributed by atoms with Gasteiger partial charge < -0.3 is 10.1 Å². The first-order valence-electron chi connectivity index (χ1n) is 8.38. The van der Waals surface area contributed by atoms with Gasteiger partial charge in [0.2, 0.25) is 0 Å². The molecule has 0 aliphatic carbocycles. The summed E-state index contributed by atoms with van der Waals surface area (Å²) in [6.07, 6.45) is 0. The second-order valence-electron chi connectivity index (χ2n) is 6.36. The van der Waals surface area contributed by atoms with Gasteiger partial charge in [-0.15, -0.1) is 11.3 Å². The van der Waals surface area contributed by atoms with Crippen molar-refractivity contribution >= 4 is 46.1 Å². The molecule has 0 saturated carbocycles. The monoisotopic (exact) mass is 419 g/mol. The molecular formula is C21H19Cl2NO2S. The summed E-state index contributed by atoms with van der Waals surface area (Å²) < 4.78 is 5.97. The van der Waals surface area contributed by atoms with Crippen LogP contribution in [0.1, 0.15) is 31.9 Å². The predicted molar refractivity (Wildman–Crippen MR) is 114 cm³/mol. The Kier molecular flexibility index (Phi) is 6.10. The molecule has 0 aliphatic heterocycles. The topological polar surface area (TPSA) is 38.3 Å². The fourth-order valence-corrected chi connectivity index (χ4v) is 3.96. The van der Waals surface area contributed by atoms with Gasteiger partial charge in [-0.1, -0.05) is 35.3 Å². The van der Waals surface area contributed by atoms with Gasteiger partial charge in [0.1, 0.15) is 12.4 Å². The first-order valence-corrected chi connectivity index (χ1v) is 10.0. The Hall–Kier alpha value is -2.01. The second kappa shape index (κ2) is 8.34. The van der Waals surface area contributed by atoms with Crippen molar-refractivity contribution < 1.29 is 9.53 Å². The molecule has 0 radical (unpaired) electrons. The summed E-state index contributed by atoms with van der Waals surface area (Å²) in [6.45, 7) is 6.57. The Morgan fingerprint density at radius 2 is 1.81 bits per heavy atom. The van der Waals surface area contributed by atoms with Crippen LogP contribution in [-0.2, 0) is 6.61 Å². The minimum atomic E-state index is -0.246. The van der Waals surface area contributed by atoms with Crippen molar-refractivity contribution in [1.29, 1.82) is 0 Å². The number of amides is 1. The van der Waals surface area contributed by atoms with Gasteiger partial charge in [-0.2, -0.15) is 0 Å². The molecule has 3 rings (SSSR count). The lowest BCUT2D eigenvalue weighted by Crippen LogP contribution is -2.11. The van der Waals surface area contributed by atoms with Crippen LogP contribution in [0.2, 0.25) is 10.0 Å². The van der Waals surface area contributed by atoms with Crippen molar-refractivity contribution in [3.05, 3.63) is 79.0 Å². The Bertz CT molecular complexity index is 978. The molecule has 0 unspecified atom stereocenters. The predicted octanol–water partition coefficient (Wildman–Crippen LogP) is 6.81. The van der Waals surface area contributed by atoms with Crippen LogP contribution in [0.3, 0.4) is 0 Å². The zero-order valence-corrected chi connectivity index (χ0v) is 17.6. The molecule has 0 atom stereocenters. The molecule has 0 saturated heterocycles. The Morgan fingerprint density at radius 1 is 1.11 bits per heavy atom. The number of thiophene rings is 1. The second-order valence-corrected chi connectivity index (χ2v) is 8.09. The molecule has 0 bridgehead atoms. The molecule has 1 N–H and O–H groups in total. The number of anilines is 1. The first-order chi connectivity index (χ1) is 12.8. The average molecular weight is 420 g/mol. The third-order valence-electron chi connectivity index (χ3n) is 4.24. The summed E-state index contributed by atoms with van der Waals surface area (Å²) in [4.78, 5) is 13.1. The van der Waals surface area contributed by atoms with Gasteiger partial charge in [0, 0.05) is 5.56 Å². The number of carbonyl (C=O) groups is 1. The van der Waals surface area contributed by atoms with Crippen LogP contribution in [-0.4, -0.2) is 5.91 Å². The van der Waals surface area contributed by atoms with Crippen molar-refractivity contribution in [3.63, 3.8) is 0 Å². The van der Waals surface area contributed by atoms with Gasteiger partial charge in [0.05, 0.1) is 20.6 Å². The van der Waals surface area contributed by atoms with Crippen LogP contribution < -0.4 is 10.1 Å². The van der Waals surface area contributed by atoms with Crippen LogP contribution in [0.4, 0.5) is 5.69 Å². The van der Waals surface area contributed by atoms with Crippen LogP contribution in [0.5, 0.6) is 5.75 Å². The zero-order valence-electron chi connectivity index (χ0n) is 15.2. The largest absolute Gasteiger partial charge is 0.489 e. The van der Waals surface area contributed by atoms with Crippen molar-refractivity contribution in [1.82, 2.24) is 0 Å². The van der Waals surface area contributed by atoms with Gasteiger partial charge in [0.15, 0.2) is 0 Å². The number of benzene rings is 2. The molecular weight excluding hydrogens is 401 g/mol. The number of hydrogen-bond donors (Lipinski definition) is 1. The van der Waals surface area contributed by atoms with E-state index in [1.54, 1.807) is 18.2 Å². The number of rotatable bonds is 5. The standard InChI is InChI=1S/C21H19Cl2NO2S/c1-12-7-13(2)14(3)18(8-12)26-10-15-9-19(27-11-15)21(25)24-20-16(22)5-4-6-17(20)23/h4-9,11H,10H2,1-3H3,(H,24,25). The lowest BCUT2D eigenvalue weighted by atomic mass is 10.1. The van der Waals surface area contributed by atoms with E-state index in [1.807, 2.05) is 31.4 Å². The fourth-order valence-electron chi connectivity index (χ4n) is 2.67. The maximum Gasteiger partial charge on any atom is 0.265 e. The van der Waals surface area contributed by atoms with Crippen LogP contribution in [0, 0.1) is 20.8 Å². The smallest absolute Gasteiger partial charge is 0.265 e. The first kappa shape index (κ1) is 19.7. The Morgan fingerprint density at radius 3 is 2.52 bits per heavy atom. The molecule has 1 heterocycles. The number of hydrogen-bond acceptors (Lipinski definition) is 3. The van der Waals surface area contributed by atoms with E-state index in [0.717, 1.165) is 22.4 Å². The molecule has 3 nitrogen and oxygen atoms in total. The number of aryl methyl sites for hydroxylation is 2. The maximum absolute atomic E-state index is 12.5. The lowest BCUT2D eigenvalue weighted by Gasteiger charge is -2.11. The molecule has 6 heteroatoms. The van der Waals surface area contributed by atoms with E-state index in [4.69, 9.17) is 27.9 Å². The summed E-state index contributed by atoms with van der Waals surface area (Å²) in [5.74, 6) is 0.622. The summed E-state index contributed by atoms with van der Waals surface area (Å²) >= 11 is 13.6. The summed E-state index contributed by atoms with van der Waals surface area (Å²) in [5.41, 5.74) is 4.85. The van der Waals surface area contributed by atoms with Crippen molar-refractivity contribution in [2.45, 2.75) is 27.4 Å². The minimum Gasteiger partial charge on any atom is -0.489 e. The third kappa shape index (κ3) is 4.64. The van der Waals surface area contributed by atoms with E-state index in [0.29, 0.717) is 27.2 Å². The number of para-hydroxylation sites is 1. The number of halogens is 2. The molecule has 0 spiro atoms. The highest BCUT2D eigenvalue weighted by molar-refractivity contribution is 7.12. The summed E-state index contributed by atoms with van der Waals surface area (Å²) in [6, 6.07) is 11.1. The van der Waals surface area contributed by atoms with E-state index in [2.05, 4.69) is 18.3 Å². The average Bonchev–Trinajstić information content (AvgIpc) is 3.09. The summed E-state index contributed by atoms with van der Waals surface area (Å²) in [7, 11) is 0. The molecule has 2 aromatic carbocycles. The van der Waals surface area contributed by atoms with Crippen LogP contribution in [0.25, 0.3) is 0 Å². The van der Waals surface area contributed by atoms with E-state index in [-0.39, 0.29) is 5.91 Å². The van der Waals surface area contributed by atoms with Gasteiger partial charge in [-0.3, -0.25) is 4.79 Å². The molecule has 1 amide bonds. The molecule has 0 fully saturated rings. The van der Waals surface area contributed by atoms with Gasteiger partial charge in [-0.05, 0) is 67.1 Å². The van der Waals surface area contributed by atoms with Crippen molar-refractivity contribution in [2.75, 3.05) is 5.32 Å². The SMILES string of the molecule is Cc1cc(C)c(C)c(OCc2csc(C(=O)Nc3c(Cl)cccc3Cl)c2)c1. The lowest BCUT2D eigenvalue weighted by molar-refractivity contribution is 0.103. The highest BCUT2D eigenvalue weighted by Gasteiger charge is 2.14. The zero-order chi connectivity index (χ0) is 19.6. The normalized spacial score (nSPS) is 10.7. The molecule has 140 valence electrons. The van der Waals surface area contributed by atoms with E-state index in [1.165, 1.54) is 16.9 Å². The molecule has 3 aromatic rings. The third-order valence-corrected chi connectivity index (χ3v) is 5.84. The fraction of sp³-hybridized carbons (Fsp3) is 0.190. The van der Waals surface area contributed by atoms with Crippen molar-refractivity contribution in [2.24, 2.45) is 0 Å². The summed E-state index contributed by atoms with van der Waals surface area (Å²) in [5, 5.41) is 5.50. The molecule has 0 aliphatic rings. The van der Waals surface area contributed by atoms with Gasteiger partial charge >= 0.3 is 0 Å². The van der Waals surface area contributed by atoms with E-state index in [9.17, 15) is 4.79 Å². The number of ether oxygens (including phenoxy) is 1. The quantitative estimate of drug-likeness (QED) is 0.492. The number of carbonyl (C=O) groups excluding carboxylic acids is 1. The van der Waals surface area contributed by atoms with Gasteiger partial charge in [0.25, 0.3) is 5.91 Å². The maximum atomic E-state index is 12.5. The molecule has 27 heavy (non-hydrogen) atoms. The van der Waals surface area contributed by atoms with E-state index < -0.39 is 0 Å². The highest BCUT2D eigenvalue weighted by atomic mass is 35.5.